The molecule has 0 aliphatic rings. The summed E-state index contributed by atoms with van der Waals surface area (Å²) in [5.41, 5.74) is 1.45. The molecule has 166 valence electrons. The summed E-state index contributed by atoms with van der Waals surface area (Å²) in [5.74, 6) is 0.384. The maximum absolute atomic E-state index is 12.6. The quantitative estimate of drug-likeness (QED) is 0.316. The molecule has 3 aromatic rings. The fraction of sp³-hybridized carbons (Fsp3) is 0.429. The molecule has 0 fully saturated rings. The van der Waals surface area contributed by atoms with E-state index >= 15 is 0 Å². The Bertz CT molecular complexity index is 1050. The van der Waals surface area contributed by atoms with Crippen LogP contribution in [-0.2, 0) is 22.5 Å². The average molecular weight is 479 g/mol. The maximum atomic E-state index is 12.6. The zero-order valence-corrected chi connectivity index (χ0v) is 20.5. The van der Waals surface area contributed by atoms with Gasteiger partial charge in [0.2, 0.25) is 5.91 Å². The first-order chi connectivity index (χ1) is 15.0. The monoisotopic (exact) mass is 478 g/mol. The Morgan fingerprint density at radius 1 is 1.23 bits per heavy atom. The Morgan fingerprint density at radius 3 is 2.68 bits per heavy atom. The zero-order valence-electron chi connectivity index (χ0n) is 18.1. The first-order valence-electron chi connectivity index (χ1n) is 10.2. The number of esters is 1. The Morgan fingerprint density at radius 2 is 2.03 bits per heavy atom. The number of hydrogen-bond donors (Lipinski definition) is 1. The molecule has 7 nitrogen and oxygen atoms in total. The molecule has 3 rings (SSSR count). The van der Waals surface area contributed by atoms with Gasteiger partial charge in [-0.15, -0.1) is 32.9 Å². The molecule has 10 heteroatoms. The molecule has 3 heterocycles. The number of amides is 1. The third-order valence-corrected chi connectivity index (χ3v) is 7.39. The van der Waals surface area contributed by atoms with E-state index in [1.807, 2.05) is 6.92 Å². The number of carbonyl (C=O) groups excluding carboxylic acids is 2. The SMILES string of the molecule is CCCn1c(SCC(=O)Nc2sc(CC)cc2C(=O)OCC)nnc1-c1csc(C)c1. The van der Waals surface area contributed by atoms with Crippen LogP contribution in [0, 0.1) is 6.92 Å². The highest BCUT2D eigenvalue weighted by Gasteiger charge is 2.20. The van der Waals surface area contributed by atoms with E-state index < -0.39 is 5.97 Å². The first-order valence-corrected chi connectivity index (χ1v) is 12.9. The standard InChI is InChI=1S/C21H26N4O3S3/c1-5-8-25-18(14-9-13(4)29-11-14)23-24-21(25)30-12-17(26)22-19-16(20(27)28-7-3)10-15(6-2)31-19/h9-11H,5-8,12H2,1-4H3,(H,22,26). The molecular weight excluding hydrogens is 452 g/mol. The largest absolute Gasteiger partial charge is 0.462 e. The van der Waals surface area contributed by atoms with Crippen LogP contribution < -0.4 is 5.32 Å². The summed E-state index contributed by atoms with van der Waals surface area (Å²) < 4.78 is 7.18. The molecule has 0 unspecified atom stereocenters. The number of nitrogens with zero attached hydrogens (tertiary/aromatic N) is 3. The third kappa shape index (κ3) is 5.75. The van der Waals surface area contributed by atoms with Gasteiger partial charge in [0.25, 0.3) is 0 Å². The normalized spacial score (nSPS) is 11.0. The fourth-order valence-electron chi connectivity index (χ4n) is 2.96. The minimum absolute atomic E-state index is 0.173. The van der Waals surface area contributed by atoms with Crippen LogP contribution in [0.25, 0.3) is 11.4 Å². The van der Waals surface area contributed by atoms with Crippen molar-refractivity contribution in [3.05, 3.63) is 32.8 Å². The van der Waals surface area contributed by atoms with E-state index in [-0.39, 0.29) is 11.7 Å². The lowest BCUT2D eigenvalue weighted by molar-refractivity contribution is -0.113. The van der Waals surface area contributed by atoms with E-state index in [0.29, 0.717) is 22.3 Å². The van der Waals surface area contributed by atoms with Gasteiger partial charge in [-0.25, -0.2) is 4.79 Å². The van der Waals surface area contributed by atoms with E-state index in [1.54, 1.807) is 24.3 Å². The van der Waals surface area contributed by atoms with Gasteiger partial charge in [0, 0.05) is 27.2 Å². The number of hydrogen-bond acceptors (Lipinski definition) is 8. The molecule has 1 N–H and O–H groups in total. The van der Waals surface area contributed by atoms with Crippen LogP contribution in [0.2, 0.25) is 0 Å². The molecule has 0 saturated heterocycles. The molecule has 0 saturated carbocycles. The number of nitrogens with one attached hydrogen (secondary N) is 1. The zero-order chi connectivity index (χ0) is 22.4. The van der Waals surface area contributed by atoms with Crippen molar-refractivity contribution in [1.82, 2.24) is 14.8 Å². The molecule has 1 amide bonds. The molecule has 31 heavy (non-hydrogen) atoms. The number of thiophene rings is 2. The number of aryl methyl sites for hydroxylation is 2. The summed E-state index contributed by atoms with van der Waals surface area (Å²) in [6.07, 6.45) is 1.72. The van der Waals surface area contributed by atoms with Crippen LogP contribution in [0.15, 0.2) is 22.7 Å². The lowest BCUT2D eigenvalue weighted by Crippen LogP contribution is -2.16. The Hall–Kier alpha value is -2.17. The molecule has 0 aliphatic heterocycles. The van der Waals surface area contributed by atoms with Crippen molar-refractivity contribution >= 4 is 51.3 Å². The number of carbonyl (C=O) groups is 2. The van der Waals surface area contributed by atoms with Gasteiger partial charge in [0.05, 0.1) is 17.9 Å². The van der Waals surface area contributed by atoms with Gasteiger partial charge in [-0.1, -0.05) is 25.6 Å². The van der Waals surface area contributed by atoms with Gasteiger partial charge in [-0.2, -0.15) is 0 Å². The third-order valence-electron chi connectivity index (χ3n) is 4.37. The van der Waals surface area contributed by atoms with Crippen molar-refractivity contribution in [3.8, 4) is 11.4 Å². The molecule has 0 radical (unpaired) electrons. The fourth-order valence-corrected chi connectivity index (χ4v) is 5.40. The predicted molar refractivity (Wildman–Crippen MR) is 127 cm³/mol. The summed E-state index contributed by atoms with van der Waals surface area (Å²) in [6, 6.07) is 3.89. The lowest BCUT2D eigenvalue weighted by Gasteiger charge is -2.08. The van der Waals surface area contributed by atoms with Crippen LogP contribution in [0.4, 0.5) is 5.00 Å². The smallest absolute Gasteiger partial charge is 0.341 e. The highest BCUT2D eigenvalue weighted by molar-refractivity contribution is 7.99. The van der Waals surface area contributed by atoms with Gasteiger partial charge in [0.1, 0.15) is 5.00 Å². The van der Waals surface area contributed by atoms with Gasteiger partial charge in [0.15, 0.2) is 11.0 Å². The molecule has 3 aromatic heterocycles. The summed E-state index contributed by atoms with van der Waals surface area (Å²) in [7, 11) is 0. The molecule has 0 bridgehead atoms. The number of ether oxygens (including phenoxy) is 1. The van der Waals surface area contributed by atoms with Crippen LogP contribution in [0.5, 0.6) is 0 Å². The summed E-state index contributed by atoms with van der Waals surface area (Å²) >= 11 is 4.42. The summed E-state index contributed by atoms with van der Waals surface area (Å²) in [6.45, 7) is 9.00. The topological polar surface area (TPSA) is 86.1 Å². The van der Waals surface area contributed by atoms with Gasteiger partial charge >= 0.3 is 5.97 Å². The number of anilines is 1. The summed E-state index contributed by atoms with van der Waals surface area (Å²) in [4.78, 5) is 27.1. The Labute approximate surface area is 194 Å². The van der Waals surface area contributed by atoms with Crippen LogP contribution in [-0.4, -0.2) is 39.0 Å². The first kappa shape index (κ1) is 23.5. The number of aromatic nitrogens is 3. The Kier molecular flexibility index (Phi) is 8.28. The van der Waals surface area contributed by atoms with Gasteiger partial charge in [-0.3, -0.25) is 4.79 Å². The second-order valence-electron chi connectivity index (χ2n) is 6.77. The summed E-state index contributed by atoms with van der Waals surface area (Å²) in [5, 5.41) is 14.9. The second-order valence-corrected chi connectivity index (χ2v) is 9.96. The van der Waals surface area contributed by atoms with E-state index in [1.165, 1.54) is 28.0 Å². The van der Waals surface area contributed by atoms with Crippen molar-refractivity contribution in [1.29, 1.82) is 0 Å². The minimum Gasteiger partial charge on any atom is -0.462 e. The molecule has 0 spiro atoms. The highest BCUT2D eigenvalue weighted by atomic mass is 32.2. The molecular formula is C21H26N4O3S3. The van der Waals surface area contributed by atoms with Crippen LogP contribution in [0.3, 0.4) is 0 Å². The van der Waals surface area contributed by atoms with E-state index in [4.69, 9.17) is 4.74 Å². The van der Waals surface area contributed by atoms with Gasteiger partial charge < -0.3 is 14.6 Å². The lowest BCUT2D eigenvalue weighted by atomic mass is 10.2. The van der Waals surface area contributed by atoms with Crippen molar-refractivity contribution in [2.45, 2.75) is 52.2 Å². The molecule has 0 aromatic carbocycles. The van der Waals surface area contributed by atoms with E-state index in [0.717, 1.165) is 35.7 Å². The van der Waals surface area contributed by atoms with Gasteiger partial charge in [-0.05, 0) is 38.8 Å². The van der Waals surface area contributed by atoms with E-state index in [2.05, 4.69) is 45.4 Å². The second kappa shape index (κ2) is 10.9. The maximum Gasteiger partial charge on any atom is 0.341 e. The van der Waals surface area contributed by atoms with Crippen LogP contribution in [0.1, 0.15) is 47.3 Å². The number of thioether (sulfide) groups is 1. The number of rotatable bonds is 10. The van der Waals surface area contributed by atoms with Crippen molar-refractivity contribution in [2.24, 2.45) is 0 Å². The van der Waals surface area contributed by atoms with Crippen molar-refractivity contribution in [3.63, 3.8) is 0 Å². The molecule has 0 aliphatic carbocycles. The highest BCUT2D eigenvalue weighted by Crippen LogP contribution is 2.31. The Balaban J connectivity index is 1.71. The van der Waals surface area contributed by atoms with Crippen molar-refractivity contribution in [2.75, 3.05) is 17.7 Å². The molecule has 0 atom stereocenters. The van der Waals surface area contributed by atoms with Crippen molar-refractivity contribution < 1.29 is 14.3 Å². The predicted octanol–water partition coefficient (Wildman–Crippen LogP) is 5.26. The van der Waals surface area contributed by atoms with E-state index in [9.17, 15) is 9.59 Å². The minimum atomic E-state index is -0.417. The van der Waals surface area contributed by atoms with Crippen LogP contribution >= 0.6 is 34.4 Å². The average Bonchev–Trinajstić information content (AvgIpc) is 3.45.